The van der Waals surface area contributed by atoms with E-state index in [0.717, 1.165) is 36.2 Å². The fourth-order valence-corrected chi connectivity index (χ4v) is 4.91. The van der Waals surface area contributed by atoms with Crippen LogP contribution in [0.1, 0.15) is 48.6 Å². The van der Waals surface area contributed by atoms with E-state index in [4.69, 9.17) is 4.74 Å². The van der Waals surface area contributed by atoms with Crippen molar-refractivity contribution in [3.05, 3.63) is 59.7 Å². The molecule has 4 nitrogen and oxygen atoms in total. The first-order chi connectivity index (χ1) is 12.9. The fourth-order valence-electron chi connectivity index (χ4n) is 4.91. The summed E-state index contributed by atoms with van der Waals surface area (Å²) in [5.74, 6) is 3.20. The summed E-state index contributed by atoms with van der Waals surface area (Å²) < 4.78 is 5.09. The van der Waals surface area contributed by atoms with Gasteiger partial charge in [-0.25, -0.2) is 9.97 Å². The molecule has 0 saturated heterocycles. The maximum Gasteiger partial charge on any atom is 0.130 e. The highest BCUT2D eigenvalue weighted by atomic mass is 16.5. The predicted octanol–water partition coefficient (Wildman–Crippen LogP) is 3.73. The first kappa shape index (κ1) is 17.6. The van der Waals surface area contributed by atoms with Crippen molar-refractivity contribution in [3.8, 4) is 0 Å². The minimum absolute atomic E-state index is 0.580. The molecule has 0 bridgehead atoms. The van der Waals surface area contributed by atoms with Crippen LogP contribution in [0.15, 0.2) is 42.7 Å². The van der Waals surface area contributed by atoms with Crippen molar-refractivity contribution >= 4 is 0 Å². The summed E-state index contributed by atoms with van der Waals surface area (Å²) in [6, 6.07) is 11.7. The van der Waals surface area contributed by atoms with E-state index in [0.29, 0.717) is 18.6 Å². The second kappa shape index (κ2) is 8.28. The van der Waals surface area contributed by atoms with Crippen LogP contribution in [0, 0.1) is 11.8 Å². The van der Waals surface area contributed by atoms with Crippen LogP contribution in [0.3, 0.4) is 0 Å². The van der Waals surface area contributed by atoms with Gasteiger partial charge in [-0.2, -0.15) is 0 Å². The maximum absolute atomic E-state index is 5.09. The van der Waals surface area contributed by atoms with Crippen molar-refractivity contribution in [2.75, 3.05) is 13.7 Å². The first-order valence-corrected chi connectivity index (χ1v) is 9.94. The summed E-state index contributed by atoms with van der Waals surface area (Å²) in [6.45, 7) is 1.52. The third-order valence-corrected chi connectivity index (χ3v) is 6.20. The molecule has 0 spiro atoms. The quantitative estimate of drug-likeness (QED) is 0.826. The number of aromatic nitrogens is 2. The van der Waals surface area contributed by atoms with Gasteiger partial charge in [-0.15, -0.1) is 0 Å². The Hall–Kier alpha value is -1.78. The van der Waals surface area contributed by atoms with Crippen LogP contribution in [0.5, 0.6) is 0 Å². The van der Waals surface area contributed by atoms with Crippen LogP contribution in [-0.2, 0) is 17.7 Å². The molecule has 0 radical (unpaired) electrons. The Morgan fingerprint density at radius 1 is 1.04 bits per heavy atom. The number of hydrogen-bond donors (Lipinski definition) is 1. The molecule has 4 heteroatoms. The highest BCUT2D eigenvalue weighted by Crippen LogP contribution is 2.54. The minimum Gasteiger partial charge on any atom is -0.384 e. The molecule has 0 aliphatic heterocycles. The highest BCUT2D eigenvalue weighted by molar-refractivity contribution is 5.28. The van der Waals surface area contributed by atoms with Crippen molar-refractivity contribution in [1.29, 1.82) is 0 Å². The average Bonchev–Trinajstić information content (AvgIpc) is 2.69. The van der Waals surface area contributed by atoms with Gasteiger partial charge in [0.2, 0.25) is 0 Å². The Kier molecular flexibility index (Phi) is 5.61. The molecular weight excluding hydrogens is 322 g/mol. The van der Waals surface area contributed by atoms with Crippen molar-refractivity contribution in [2.45, 2.75) is 50.6 Å². The SMILES string of the molecule is COCCc1ncc(CN[C@@H]2[C@@H]3CCCC[C@H]3[C@H]2c2ccccc2)cn1. The zero-order chi connectivity index (χ0) is 17.8. The lowest BCUT2D eigenvalue weighted by Gasteiger charge is -2.55. The molecule has 4 rings (SSSR count). The van der Waals surface area contributed by atoms with Gasteiger partial charge >= 0.3 is 0 Å². The van der Waals surface area contributed by atoms with Gasteiger partial charge in [0.05, 0.1) is 6.61 Å². The molecule has 1 N–H and O–H groups in total. The van der Waals surface area contributed by atoms with Crippen molar-refractivity contribution in [3.63, 3.8) is 0 Å². The number of nitrogens with zero attached hydrogens (tertiary/aromatic N) is 2. The van der Waals surface area contributed by atoms with E-state index in [1.54, 1.807) is 7.11 Å². The molecule has 2 fully saturated rings. The third kappa shape index (κ3) is 3.67. The van der Waals surface area contributed by atoms with E-state index in [9.17, 15) is 0 Å². The Bertz CT molecular complexity index is 688. The monoisotopic (exact) mass is 351 g/mol. The van der Waals surface area contributed by atoms with Crippen molar-refractivity contribution in [2.24, 2.45) is 11.8 Å². The lowest BCUT2D eigenvalue weighted by atomic mass is 9.53. The number of fused-ring (bicyclic) bond motifs is 1. The van der Waals surface area contributed by atoms with Crippen LogP contribution >= 0.6 is 0 Å². The molecule has 26 heavy (non-hydrogen) atoms. The second-order valence-corrected chi connectivity index (χ2v) is 7.71. The molecule has 1 aromatic heterocycles. The van der Waals surface area contributed by atoms with Gasteiger partial charge in [0.25, 0.3) is 0 Å². The summed E-state index contributed by atoms with van der Waals surface area (Å²) in [5, 5.41) is 3.84. The van der Waals surface area contributed by atoms with Crippen LogP contribution in [0.4, 0.5) is 0 Å². The fraction of sp³-hybridized carbons (Fsp3) is 0.545. The summed E-state index contributed by atoms with van der Waals surface area (Å²) in [7, 11) is 1.71. The van der Waals surface area contributed by atoms with Crippen LogP contribution < -0.4 is 5.32 Å². The number of rotatable bonds is 7. The Morgan fingerprint density at radius 2 is 1.77 bits per heavy atom. The number of benzene rings is 1. The third-order valence-electron chi connectivity index (χ3n) is 6.20. The summed E-state index contributed by atoms with van der Waals surface area (Å²) in [4.78, 5) is 8.93. The lowest BCUT2D eigenvalue weighted by Crippen LogP contribution is -2.57. The highest BCUT2D eigenvalue weighted by Gasteiger charge is 2.50. The molecule has 2 aliphatic carbocycles. The van der Waals surface area contributed by atoms with Gasteiger partial charge in [0, 0.05) is 50.0 Å². The Labute approximate surface area is 156 Å². The molecule has 2 aromatic rings. The maximum atomic E-state index is 5.09. The zero-order valence-electron chi connectivity index (χ0n) is 15.6. The van der Waals surface area contributed by atoms with Crippen LogP contribution in [0.25, 0.3) is 0 Å². The second-order valence-electron chi connectivity index (χ2n) is 7.71. The lowest BCUT2D eigenvalue weighted by molar-refractivity contribution is 0.0254. The van der Waals surface area contributed by atoms with E-state index < -0.39 is 0 Å². The molecular formula is C22H29N3O. The molecule has 4 atom stereocenters. The molecule has 2 saturated carbocycles. The summed E-state index contributed by atoms with van der Waals surface area (Å²) in [6.07, 6.45) is 10.2. The smallest absolute Gasteiger partial charge is 0.130 e. The van der Waals surface area contributed by atoms with E-state index in [1.165, 1.54) is 31.2 Å². The van der Waals surface area contributed by atoms with E-state index in [-0.39, 0.29) is 0 Å². The van der Waals surface area contributed by atoms with Gasteiger partial charge < -0.3 is 10.1 Å². The van der Waals surface area contributed by atoms with Gasteiger partial charge in [-0.05, 0) is 30.2 Å². The first-order valence-electron chi connectivity index (χ1n) is 9.94. The van der Waals surface area contributed by atoms with Crippen molar-refractivity contribution < 1.29 is 4.74 Å². The van der Waals surface area contributed by atoms with Gasteiger partial charge in [-0.3, -0.25) is 0 Å². The number of hydrogen-bond acceptors (Lipinski definition) is 4. The average molecular weight is 351 g/mol. The number of methoxy groups -OCH3 is 1. The molecule has 2 aliphatic rings. The Morgan fingerprint density at radius 3 is 2.50 bits per heavy atom. The number of nitrogens with one attached hydrogen (secondary N) is 1. The number of ether oxygens (including phenoxy) is 1. The van der Waals surface area contributed by atoms with E-state index in [2.05, 4.69) is 45.6 Å². The van der Waals surface area contributed by atoms with Crippen LogP contribution in [0.2, 0.25) is 0 Å². The van der Waals surface area contributed by atoms with E-state index in [1.807, 2.05) is 12.4 Å². The van der Waals surface area contributed by atoms with Gasteiger partial charge in [0.1, 0.15) is 5.82 Å². The van der Waals surface area contributed by atoms with Crippen molar-refractivity contribution in [1.82, 2.24) is 15.3 Å². The van der Waals surface area contributed by atoms with Crippen LogP contribution in [-0.4, -0.2) is 29.7 Å². The molecule has 0 amide bonds. The Balaban J connectivity index is 1.41. The van der Waals surface area contributed by atoms with Gasteiger partial charge in [-0.1, -0.05) is 43.2 Å². The zero-order valence-corrected chi connectivity index (χ0v) is 15.6. The van der Waals surface area contributed by atoms with E-state index >= 15 is 0 Å². The largest absolute Gasteiger partial charge is 0.384 e. The summed E-state index contributed by atoms with van der Waals surface area (Å²) >= 11 is 0. The summed E-state index contributed by atoms with van der Waals surface area (Å²) in [5.41, 5.74) is 2.66. The van der Waals surface area contributed by atoms with Gasteiger partial charge in [0.15, 0.2) is 0 Å². The predicted molar refractivity (Wildman–Crippen MR) is 103 cm³/mol. The molecule has 1 aromatic carbocycles. The molecule has 138 valence electrons. The standard InChI is InChI=1S/C22H29N3O/c1-26-12-11-20-23-13-16(14-24-20)15-25-22-19-10-6-5-9-18(19)21(22)17-7-3-2-4-8-17/h2-4,7-8,13-14,18-19,21-22,25H,5-6,9-12,15H2,1H3/t18-,19-,21-,22-/m1/s1. The molecule has 1 heterocycles. The molecule has 0 unspecified atom stereocenters. The topological polar surface area (TPSA) is 47.0 Å². The minimum atomic E-state index is 0.580. The normalized spacial score (nSPS) is 27.6.